The largest absolute Gasteiger partial charge is 0.336 e. The van der Waals surface area contributed by atoms with E-state index in [4.69, 9.17) is 0 Å². The minimum atomic E-state index is -0.336. The highest BCUT2D eigenvalue weighted by atomic mass is 79.9. The molecule has 2 fully saturated rings. The van der Waals surface area contributed by atoms with Gasteiger partial charge in [0, 0.05) is 31.2 Å². The van der Waals surface area contributed by atoms with Crippen molar-refractivity contribution in [2.75, 3.05) is 26.2 Å². The average molecular weight is 327 g/mol. The van der Waals surface area contributed by atoms with E-state index in [1.54, 1.807) is 12.1 Å². The van der Waals surface area contributed by atoms with Crippen LogP contribution < -0.4 is 0 Å². The number of nitrogens with zero attached hydrogens (tertiary/aromatic N) is 2. The second kappa shape index (κ2) is 5.21. The predicted molar refractivity (Wildman–Crippen MR) is 74.6 cm³/mol. The van der Waals surface area contributed by atoms with Crippen molar-refractivity contribution < 1.29 is 9.18 Å². The average Bonchev–Trinajstić information content (AvgIpc) is 2.88. The van der Waals surface area contributed by atoms with E-state index in [0.717, 1.165) is 26.2 Å². The molecule has 1 aromatic carbocycles. The molecule has 0 spiro atoms. The Labute approximate surface area is 120 Å². The van der Waals surface area contributed by atoms with E-state index >= 15 is 0 Å². The number of hydrogen-bond acceptors (Lipinski definition) is 2. The van der Waals surface area contributed by atoms with Gasteiger partial charge in [0.05, 0.1) is 4.47 Å². The maximum absolute atomic E-state index is 13.2. The third kappa shape index (κ3) is 2.54. The van der Waals surface area contributed by atoms with Crippen molar-refractivity contribution in [1.29, 1.82) is 0 Å². The molecule has 0 bridgehead atoms. The number of rotatable bonds is 1. The molecule has 3 nitrogen and oxygen atoms in total. The molecule has 5 heteroatoms. The van der Waals surface area contributed by atoms with E-state index < -0.39 is 0 Å². The summed E-state index contributed by atoms with van der Waals surface area (Å²) in [5.74, 6) is -0.329. The number of halogens is 2. The van der Waals surface area contributed by atoms with Gasteiger partial charge in [-0.2, -0.15) is 0 Å². The minimum Gasteiger partial charge on any atom is -0.336 e. The van der Waals surface area contributed by atoms with Crippen LogP contribution in [0.1, 0.15) is 23.2 Å². The molecule has 1 aromatic rings. The fraction of sp³-hybridized carbons (Fsp3) is 0.500. The van der Waals surface area contributed by atoms with Crippen LogP contribution in [0.4, 0.5) is 4.39 Å². The molecule has 19 heavy (non-hydrogen) atoms. The second-order valence-corrected chi connectivity index (χ2v) is 6.07. The molecule has 2 heterocycles. The highest BCUT2D eigenvalue weighted by Crippen LogP contribution is 2.23. The molecule has 0 radical (unpaired) electrons. The topological polar surface area (TPSA) is 23.6 Å². The van der Waals surface area contributed by atoms with E-state index in [2.05, 4.69) is 20.8 Å². The molecule has 102 valence electrons. The Kier molecular flexibility index (Phi) is 3.58. The zero-order valence-electron chi connectivity index (χ0n) is 10.6. The van der Waals surface area contributed by atoms with Crippen LogP contribution in [0.3, 0.4) is 0 Å². The number of carbonyl (C=O) groups is 1. The summed E-state index contributed by atoms with van der Waals surface area (Å²) in [4.78, 5) is 16.8. The van der Waals surface area contributed by atoms with E-state index in [1.165, 1.54) is 18.9 Å². The lowest BCUT2D eigenvalue weighted by Gasteiger charge is -2.37. The van der Waals surface area contributed by atoms with E-state index in [-0.39, 0.29) is 11.7 Å². The number of fused-ring (bicyclic) bond motifs is 1. The zero-order valence-corrected chi connectivity index (χ0v) is 12.2. The quantitative estimate of drug-likeness (QED) is 0.791. The monoisotopic (exact) mass is 326 g/mol. The summed E-state index contributed by atoms with van der Waals surface area (Å²) in [6.07, 6.45) is 2.41. The van der Waals surface area contributed by atoms with Crippen molar-refractivity contribution in [2.24, 2.45) is 0 Å². The Morgan fingerprint density at radius 3 is 2.95 bits per heavy atom. The molecule has 3 rings (SSSR count). The van der Waals surface area contributed by atoms with Crippen LogP contribution in [0, 0.1) is 5.82 Å². The maximum Gasteiger partial charge on any atom is 0.253 e. The Bertz CT molecular complexity index is 508. The summed E-state index contributed by atoms with van der Waals surface area (Å²) in [7, 11) is 0. The Morgan fingerprint density at radius 1 is 1.32 bits per heavy atom. The first-order valence-corrected chi connectivity index (χ1v) is 7.43. The van der Waals surface area contributed by atoms with E-state index in [9.17, 15) is 9.18 Å². The first-order valence-electron chi connectivity index (χ1n) is 6.63. The van der Waals surface area contributed by atoms with Gasteiger partial charge in [0.1, 0.15) is 5.82 Å². The summed E-state index contributed by atoms with van der Waals surface area (Å²) < 4.78 is 13.5. The van der Waals surface area contributed by atoms with Gasteiger partial charge in [-0.05, 0) is 53.5 Å². The Balaban J connectivity index is 1.74. The molecule has 0 aliphatic carbocycles. The van der Waals surface area contributed by atoms with Crippen molar-refractivity contribution >= 4 is 21.8 Å². The SMILES string of the molecule is O=C(c1ccc(F)c(Br)c1)N1CCN2CCCC2C1. The van der Waals surface area contributed by atoms with Gasteiger partial charge in [-0.25, -0.2) is 4.39 Å². The van der Waals surface area contributed by atoms with Crippen LogP contribution in [0.25, 0.3) is 0 Å². The molecule has 0 saturated carbocycles. The van der Waals surface area contributed by atoms with Gasteiger partial charge in [0.2, 0.25) is 0 Å². The predicted octanol–water partition coefficient (Wildman–Crippen LogP) is 2.51. The highest BCUT2D eigenvalue weighted by molar-refractivity contribution is 9.10. The highest BCUT2D eigenvalue weighted by Gasteiger charge is 2.32. The molecule has 0 N–H and O–H groups in total. The lowest BCUT2D eigenvalue weighted by molar-refractivity contribution is 0.0571. The molecule has 2 aliphatic rings. The molecule has 1 unspecified atom stereocenters. The molecular formula is C14H16BrFN2O. The van der Waals surface area contributed by atoms with Crippen LogP contribution >= 0.6 is 15.9 Å². The molecule has 1 amide bonds. The second-order valence-electron chi connectivity index (χ2n) is 5.21. The van der Waals surface area contributed by atoms with Gasteiger partial charge in [-0.15, -0.1) is 0 Å². The van der Waals surface area contributed by atoms with Gasteiger partial charge in [-0.1, -0.05) is 0 Å². The molecular weight excluding hydrogens is 311 g/mol. The lowest BCUT2D eigenvalue weighted by Crippen LogP contribution is -2.52. The minimum absolute atomic E-state index is 0.00671. The third-order valence-corrected chi connectivity index (χ3v) is 4.65. The van der Waals surface area contributed by atoms with Crippen molar-refractivity contribution in [3.63, 3.8) is 0 Å². The Morgan fingerprint density at radius 2 is 2.16 bits per heavy atom. The van der Waals surface area contributed by atoms with Crippen molar-refractivity contribution in [3.8, 4) is 0 Å². The zero-order chi connectivity index (χ0) is 13.4. The van der Waals surface area contributed by atoms with Crippen LogP contribution in [-0.2, 0) is 0 Å². The van der Waals surface area contributed by atoms with Crippen LogP contribution in [0.5, 0.6) is 0 Å². The number of piperazine rings is 1. The summed E-state index contributed by atoms with van der Waals surface area (Å²) in [6, 6.07) is 4.98. The van der Waals surface area contributed by atoms with E-state index in [0.29, 0.717) is 16.1 Å². The van der Waals surface area contributed by atoms with Gasteiger partial charge in [0.15, 0.2) is 0 Å². The summed E-state index contributed by atoms with van der Waals surface area (Å²) in [6.45, 7) is 3.69. The third-order valence-electron chi connectivity index (χ3n) is 4.04. The first kappa shape index (κ1) is 13.1. The van der Waals surface area contributed by atoms with Crippen LogP contribution in [0.15, 0.2) is 22.7 Å². The van der Waals surface area contributed by atoms with Gasteiger partial charge < -0.3 is 4.90 Å². The van der Waals surface area contributed by atoms with Gasteiger partial charge >= 0.3 is 0 Å². The van der Waals surface area contributed by atoms with E-state index in [1.807, 2.05) is 4.90 Å². The number of benzene rings is 1. The summed E-state index contributed by atoms with van der Waals surface area (Å²) in [5.41, 5.74) is 0.555. The number of amides is 1. The van der Waals surface area contributed by atoms with Crippen LogP contribution in [-0.4, -0.2) is 47.9 Å². The summed E-state index contributed by atoms with van der Waals surface area (Å²) >= 11 is 3.13. The maximum atomic E-state index is 13.2. The number of carbonyl (C=O) groups excluding carboxylic acids is 1. The molecule has 1 atom stereocenters. The van der Waals surface area contributed by atoms with Crippen molar-refractivity contribution in [1.82, 2.24) is 9.80 Å². The van der Waals surface area contributed by atoms with Gasteiger partial charge in [-0.3, -0.25) is 9.69 Å². The van der Waals surface area contributed by atoms with Crippen LogP contribution in [0.2, 0.25) is 0 Å². The van der Waals surface area contributed by atoms with Crippen molar-refractivity contribution in [3.05, 3.63) is 34.1 Å². The normalized spacial score (nSPS) is 23.5. The fourth-order valence-corrected chi connectivity index (χ4v) is 3.37. The van der Waals surface area contributed by atoms with Gasteiger partial charge in [0.25, 0.3) is 5.91 Å². The fourth-order valence-electron chi connectivity index (χ4n) is 2.99. The van der Waals surface area contributed by atoms with Crippen molar-refractivity contribution in [2.45, 2.75) is 18.9 Å². The molecule has 2 aliphatic heterocycles. The molecule has 2 saturated heterocycles. The number of hydrogen-bond donors (Lipinski definition) is 0. The standard InChI is InChI=1S/C14H16BrFN2O/c15-12-8-10(3-4-13(12)16)14(19)18-7-6-17-5-1-2-11(17)9-18/h3-4,8,11H,1-2,5-7,9H2. The smallest absolute Gasteiger partial charge is 0.253 e. The summed E-state index contributed by atoms with van der Waals surface area (Å²) in [5, 5.41) is 0. The first-order chi connectivity index (χ1) is 9.15. The lowest BCUT2D eigenvalue weighted by atomic mass is 10.1. The Hall–Kier alpha value is -0.940. The molecule has 0 aromatic heterocycles.